The first kappa shape index (κ1) is 9.83. The van der Waals surface area contributed by atoms with Gasteiger partial charge in [0.05, 0.1) is 7.85 Å². The summed E-state index contributed by atoms with van der Waals surface area (Å²) in [7, 11) is 5.35. The van der Waals surface area contributed by atoms with Gasteiger partial charge in [0, 0.05) is 18.9 Å². The van der Waals surface area contributed by atoms with Gasteiger partial charge in [-0.05, 0) is 0 Å². The Bertz CT molecular complexity index is 23.0. The summed E-state index contributed by atoms with van der Waals surface area (Å²) in [4.78, 5) is 0. The fourth-order valence-corrected chi connectivity index (χ4v) is 0. The van der Waals surface area contributed by atoms with Crippen LogP contribution in [0.15, 0.2) is 0 Å². The molecule has 0 unspecified atom stereocenters. The third kappa shape index (κ3) is 143. The average molecular weight is 74.9 g/mol. The van der Waals surface area contributed by atoms with Crippen molar-refractivity contribution < 1.29 is 0 Å². The van der Waals surface area contributed by atoms with Crippen LogP contribution in [-0.4, -0.2) is 26.7 Å². The van der Waals surface area contributed by atoms with E-state index in [-0.39, 0.29) is 24.2 Å². The number of rotatable bonds is 0. The van der Waals surface area contributed by atoms with Crippen molar-refractivity contribution >= 4 is 26.7 Å². The van der Waals surface area contributed by atoms with E-state index in [9.17, 15) is 0 Å². The Kier molecular flexibility index (Phi) is 4.54. The van der Waals surface area contributed by atoms with Gasteiger partial charge in [0.2, 0.25) is 0 Å². The van der Waals surface area contributed by atoms with E-state index in [0.717, 1.165) is 0 Å². The van der Waals surface area contributed by atoms with E-state index in [0.29, 0.717) is 0 Å². The Labute approximate surface area is 53.3 Å². The van der Waals surface area contributed by atoms with Crippen molar-refractivity contribution in [1.29, 1.82) is 0 Å². The van der Waals surface area contributed by atoms with Crippen molar-refractivity contribution in [2.24, 2.45) is 0 Å². The maximum absolute atomic E-state index is 5.35. The minimum Gasteiger partial charge on any atom is -0.0744 e. The van der Waals surface area contributed by atoms with Gasteiger partial charge in [-0.25, -0.2) is 0 Å². The first-order valence-electron chi connectivity index (χ1n) is 1.79. The third-order valence-corrected chi connectivity index (χ3v) is 0. The van der Waals surface area contributed by atoms with Crippen molar-refractivity contribution in [1.82, 2.24) is 0 Å². The normalized spacial score (nSPS) is 9.83. The van der Waals surface area contributed by atoms with Gasteiger partial charge in [-0.15, -0.1) is 0 Å². The molecule has 0 saturated carbocycles. The van der Waals surface area contributed by atoms with Crippen LogP contribution in [-0.2, 0) is 0 Å². The fourth-order valence-electron chi connectivity index (χ4n) is 0. The summed E-state index contributed by atoms with van der Waals surface area (Å²) in [5.74, 6) is 0. The van der Waals surface area contributed by atoms with Crippen molar-refractivity contribution in [3.05, 3.63) is 0 Å². The molecular formula is C4H9BLi. The van der Waals surface area contributed by atoms with Crippen LogP contribution in [0.2, 0.25) is 5.31 Å². The maximum Gasteiger partial charge on any atom is 0.0735 e. The van der Waals surface area contributed by atoms with Gasteiger partial charge in [0.1, 0.15) is 0 Å². The summed E-state index contributed by atoms with van der Waals surface area (Å²) in [6.45, 7) is 5.90. The molecule has 0 rings (SSSR count). The van der Waals surface area contributed by atoms with Crippen molar-refractivity contribution in [3.8, 4) is 0 Å². The van der Waals surface area contributed by atoms with E-state index in [2.05, 4.69) is 0 Å². The summed E-state index contributed by atoms with van der Waals surface area (Å²) >= 11 is 0. The van der Waals surface area contributed by atoms with Crippen LogP contribution < -0.4 is 0 Å². The van der Waals surface area contributed by atoms with Crippen LogP contribution in [0, 0.1) is 0 Å². The molecule has 0 fully saturated rings. The SMILES string of the molecule is [B]C(C)(C)C.[Li]. The van der Waals surface area contributed by atoms with Gasteiger partial charge in [0.15, 0.2) is 0 Å². The van der Waals surface area contributed by atoms with Gasteiger partial charge in [-0.2, -0.15) is 0 Å². The zero-order valence-electron chi connectivity index (χ0n) is 5.08. The second kappa shape index (κ2) is 2.77. The smallest absolute Gasteiger partial charge is 0.0735 e. The molecule has 0 atom stereocenters. The van der Waals surface area contributed by atoms with Crippen molar-refractivity contribution in [3.63, 3.8) is 0 Å². The monoisotopic (exact) mass is 75.1 g/mol. The largest absolute Gasteiger partial charge is 0.0744 e. The standard InChI is InChI=1S/C4H9B.Li/c1-4(2,3)5;/h1-3H3;. The van der Waals surface area contributed by atoms with Gasteiger partial charge < -0.3 is 0 Å². The summed E-state index contributed by atoms with van der Waals surface area (Å²) in [6.07, 6.45) is 0. The Morgan fingerprint density at radius 2 is 1.17 bits per heavy atom. The second-order valence-electron chi connectivity index (χ2n) is 2.37. The van der Waals surface area contributed by atoms with Crippen molar-refractivity contribution in [2.45, 2.75) is 26.1 Å². The Balaban J connectivity index is 0. The zero-order chi connectivity index (χ0) is 4.50. The van der Waals surface area contributed by atoms with Gasteiger partial charge >= 0.3 is 0 Å². The van der Waals surface area contributed by atoms with E-state index in [4.69, 9.17) is 7.85 Å². The van der Waals surface area contributed by atoms with Gasteiger partial charge in [-0.1, -0.05) is 26.1 Å². The zero-order valence-corrected chi connectivity index (χ0v) is 5.08. The molecule has 0 saturated heterocycles. The quantitative estimate of drug-likeness (QED) is 0.376. The van der Waals surface area contributed by atoms with Crippen LogP contribution in [0.25, 0.3) is 0 Å². The Morgan fingerprint density at radius 3 is 1.17 bits per heavy atom. The molecule has 0 heterocycles. The van der Waals surface area contributed by atoms with Crippen LogP contribution in [0.5, 0.6) is 0 Å². The van der Waals surface area contributed by atoms with E-state index >= 15 is 0 Å². The molecule has 29 valence electrons. The molecule has 0 nitrogen and oxygen atoms in total. The molecule has 0 N–H and O–H groups in total. The summed E-state index contributed by atoms with van der Waals surface area (Å²) in [5.41, 5.74) is 0. The molecule has 0 spiro atoms. The topological polar surface area (TPSA) is 0 Å². The Morgan fingerprint density at radius 1 is 1.17 bits per heavy atom. The molecule has 0 bridgehead atoms. The van der Waals surface area contributed by atoms with Crippen molar-refractivity contribution in [2.75, 3.05) is 0 Å². The molecule has 6 heavy (non-hydrogen) atoms. The minimum atomic E-state index is 0. The number of hydrogen-bond donors (Lipinski definition) is 0. The van der Waals surface area contributed by atoms with Crippen LogP contribution >= 0.6 is 0 Å². The first-order valence-corrected chi connectivity index (χ1v) is 1.79. The van der Waals surface area contributed by atoms with E-state index in [1.807, 2.05) is 20.8 Å². The molecule has 3 radical (unpaired) electrons. The molecule has 0 amide bonds. The van der Waals surface area contributed by atoms with E-state index in [1.54, 1.807) is 0 Å². The second-order valence-corrected chi connectivity index (χ2v) is 2.37. The minimum absolute atomic E-state index is 0. The van der Waals surface area contributed by atoms with Gasteiger partial charge in [0.25, 0.3) is 0 Å². The third-order valence-electron chi connectivity index (χ3n) is 0. The fraction of sp³-hybridized carbons (Fsp3) is 1.00. The molecule has 0 aliphatic rings. The molecular weight excluding hydrogens is 65.8 g/mol. The van der Waals surface area contributed by atoms with Crippen LogP contribution in [0.4, 0.5) is 0 Å². The first-order chi connectivity index (χ1) is 2.00. The number of hydrogen-bond acceptors (Lipinski definition) is 0. The van der Waals surface area contributed by atoms with Gasteiger partial charge in [-0.3, -0.25) is 0 Å². The van der Waals surface area contributed by atoms with E-state index in [1.165, 1.54) is 0 Å². The van der Waals surface area contributed by atoms with E-state index < -0.39 is 0 Å². The predicted molar refractivity (Wildman–Crippen MR) is 31.2 cm³/mol. The average Bonchev–Trinajstić information content (AvgIpc) is 0.722. The Hall–Kier alpha value is 0.662. The molecule has 0 aromatic carbocycles. The summed E-state index contributed by atoms with van der Waals surface area (Å²) < 4.78 is 0. The molecule has 0 aromatic rings. The maximum atomic E-state index is 5.35. The summed E-state index contributed by atoms with van der Waals surface area (Å²) in [6, 6.07) is 0. The molecule has 2 heteroatoms. The van der Waals surface area contributed by atoms with Crippen LogP contribution in [0.3, 0.4) is 0 Å². The molecule has 0 aliphatic heterocycles. The molecule has 0 aromatic heterocycles. The summed E-state index contributed by atoms with van der Waals surface area (Å²) in [5, 5.41) is 0. The predicted octanol–water partition coefficient (Wildman–Crippen LogP) is 0.992. The van der Waals surface area contributed by atoms with Crippen LogP contribution in [0.1, 0.15) is 20.8 Å². The molecule has 0 aliphatic carbocycles.